The van der Waals surface area contributed by atoms with Gasteiger partial charge in [0.25, 0.3) is 0 Å². The summed E-state index contributed by atoms with van der Waals surface area (Å²) in [5, 5.41) is 20.6. The molecule has 0 saturated carbocycles. The monoisotopic (exact) mass is 1400 g/mol. The van der Waals surface area contributed by atoms with Crippen molar-refractivity contribution in [1.29, 1.82) is 0 Å². The van der Waals surface area contributed by atoms with Crippen molar-refractivity contribution < 1.29 is 75.8 Å². The molecule has 554 valence electrons. The number of allylic oxidation sites excluding steroid dienone is 24. The van der Waals surface area contributed by atoms with Crippen LogP contribution in [0, 0.1) is 0 Å². The number of rotatable bonds is 69. The third kappa shape index (κ3) is 72.5. The molecule has 0 aliphatic heterocycles. The molecule has 0 rings (SSSR count). The molecule has 16 nitrogen and oxygen atoms in total. The summed E-state index contributed by atoms with van der Waals surface area (Å²) in [5.74, 6) is -1.63. The van der Waals surface area contributed by atoms with Crippen molar-refractivity contribution in [3.63, 3.8) is 0 Å². The number of carbonyl (C=O) groups is 3. The lowest BCUT2D eigenvalue weighted by molar-refractivity contribution is -0.161. The Labute approximate surface area is 587 Å². The van der Waals surface area contributed by atoms with E-state index in [0.29, 0.717) is 19.3 Å². The van der Waals surface area contributed by atoms with Crippen LogP contribution in [0.1, 0.15) is 278 Å². The highest BCUT2D eigenvalue weighted by molar-refractivity contribution is 7.47. The minimum absolute atomic E-state index is 0.0755. The molecular weight excluding hydrogens is 1270 g/mol. The maximum absolute atomic E-state index is 12.9. The van der Waals surface area contributed by atoms with Crippen molar-refractivity contribution in [1.82, 2.24) is 0 Å². The van der Waals surface area contributed by atoms with E-state index < -0.39 is 91.5 Å². The smallest absolute Gasteiger partial charge is 0.463 e. The molecule has 5 atom stereocenters. The number of hydrogen-bond acceptors (Lipinski definition) is 14. The van der Waals surface area contributed by atoms with Gasteiger partial charge in [-0.25, -0.2) is 9.13 Å². The summed E-state index contributed by atoms with van der Waals surface area (Å²) in [5.41, 5.74) is 0. The third-order valence-corrected chi connectivity index (χ3v) is 16.9. The molecule has 0 fully saturated rings. The van der Waals surface area contributed by atoms with Crippen LogP contribution in [0.5, 0.6) is 0 Å². The number of ether oxygens (including phenoxy) is 3. The van der Waals surface area contributed by atoms with E-state index in [-0.39, 0.29) is 19.3 Å². The van der Waals surface area contributed by atoms with Gasteiger partial charge in [0, 0.05) is 19.3 Å². The Morgan fingerprint density at radius 3 is 0.814 bits per heavy atom. The first kappa shape index (κ1) is 92.4. The second-order valence-electron chi connectivity index (χ2n) is 24.3. The summed E-state index contributed by atoms with van der Waals surface area (Å²) < 4.78 is 61.0. The van der Waals surface area contributed by atoms with Crippen molar-refractivity contribution in [2.75, 3.05) is 39.6 Å². The average Bonchev–Trinajstić information content (AvgIpc) is 1.48. The first-order valence-corrected chi connectivity index (χ1v) is 40.1. The van der Waals surface area contributed by atoms with Crippen LogP contribution in [-0.4, -0.2) is 95.9 Å². The van der Waals surface area contributed by atoms with E-state index >= 15 is 0 Å². The van der Waals surface area contributed by atoms with E-state index in [2.05, 4.69) is 167 Å². The van der Waals surface area contributed by atoms with Gasteiger partial charge in [-0.15, -0.1) is 0 Å². The van der Waals surface area contributed by atoms with Crippen LogP contribution in [-0.2, 0) is 55.8 Å². The van der Waals surface area contributed by atoms with Crippen molar-refractivity contribution in [3.8, 4) is 0 Å². The highest BCUT2D eigenvalue weighted by Gasteiger charge is 2.29. The summed E-state index contributed by atoms with van der Waals surface area (Å²) in [6.07, 6.45) is 86.2. The molecule has 97 heavy (non-hydrogen) atoms. The maximum Gasteiger partial charge on any atom is 0.472 e. The first-order valence-electron chi connectivity index (χ1n) is 37.1. The first-order chi connectivity index (χ1) is 47.2. The predicted octanol–water partition coefficient (Wildman–Crippen LogP) is 21.3. The Hall–Kier alpha value is -4.57. The average molecular weight is 1400 g/mol. The van der Waals surface area contributed by atoms with Gasteiger partial charge in [0.1, 0.15) is 25.4 Å². The molecule has 18 heteroatoms. The quantitative estimate of drug-likeness (QED) is 0.0146. The predicted molar refractivity (Wildman–Crippen MR) is 399 cm³/mol. The normalized spacial score (nSPS) is 14.9. The van der Waals surface area contributed by atoms with E-state index in [4.69, 9.17) is 32.3 Å². The van der Waals surface area contributed by atoms with Gasteiger partial charge in [-0.2, -0.15) is 0 Å². The van der Waals surface area contributed by atoms with Gasteiger partial charge in [0.05, 0.1) is 26.4 Å². The number of phosphoric acid groups is 2. The van der Waals surface area contributed by atoms with Crippen LogP contribution in [0.15, 0.2) is 146 Å². The topological polar surface area (TPSA) is 231 Å². The molecule has 0 bridgehead atoms. The van der Waals surface area contributed by atoms with Crippen LogP contribution in [0.4, 0.5) is 0 Å². The fourth-order valence-corrected chi connectivity index (χ4v) is 11.1. The molecule has 0 aromatic rings. The minimum Gasteiger partial charge on any atom is -0.463 e. The van der Waals surface area contributed by atoms with E-state index in [1.54, 1.807) is 0 Å². The van der Waals surface area contributed by atoms with Crippen molar-refractivity contribution in [2.24, 2.45) is 0 Å². The van der Waals surface area contributed by atoms with Crippen molar-refractivity contribution in [2.45, 2.75) is 296 Å². The summed E-state index contributed by atoms with van der Waals surface area (Å²) in [4.78, 5) is 58.5. The Morgan fingerprint density at radius 1 is 0.289 bits per heavy atom. The van der Waals surface area contributed by atoms with E-state index in [9.17, 15) is 43.5 Å². The molecule has 0 aliphatic carbocycles. The minimum atomic E-state index is -4.94. The Bertz CT molecular complexity index is 2350. The van der Waals surface area contributed by atoms with Gasteiger partial charge in [-0.3, -0.25) is 32.5 Å². The van der Waals surface area contributed by atoms with Crippen LogP contribution in [0.2, 0.25) is 0 Å². The largest absolute Gasteiger partial charge is 0.472 e. The van der Waals surface area contributed by atoms with Crippen LogP contribution >= 0.6 is 15.6 Å². The number of aliphatic hydroxyl groups is 2. The van der Waals surface area contributed by atoms with Gasteiger partial charge in [-0.1, -0.05) is 269 Å². The van der Waals surface area contributed by atoms with Gasteiger partial charge in [0.15, 0.2) is 6.10 Å². The maximum atomic E-state index is 12.9. The lowest BCUT2D eigenvalue weighted by atomic mass is 10.0. The zero-order valence-electron chi connectivity index (χ0n) is 60.2. The van der Waals surface area contributed by atoms with Crippen LogP contribution < -0.4 is 0 Å². The molecule has 5 unspecified atom stereocenters. The van der Waals surface area contributed by atoms with E-state index in [0.717, 1.165) is 161 Å². The number of phosphoric ester groups is 2. The highest BCUT2D eigenvalue weighted by Crippen LogP contribution is 2.45. The van der Waals surface area contributed by atoms with Gasteiger partial charge < -0.3 is 34.2 Å². The van der Waals surface area contributed by atoms with Crippen molar-refractivity contribution >= 4 is 33.6 Å². The van der Waals surface area contributed by atoms with Gasteiger partial charge in [-0.05, 0) is 135 Å². The fraction of sp³-hybridized carbons (Fsp3) is 0.658. The van der Waals surface area contributed by atoms with Crippen LogP contribution in [0.25, 0.3) is 0 Å². The Balaban J connectivity index is 4.53. The molecular formula is C79H132O16P2. The summed E-state index contributed by atoms with van der Waals surface area (Å²) in [6, 6.07) is 0. The highest BCUT2D eigenvalue weighted by atomic mass is 31.2. The molecule has 0 spiro atoms. The molecule has 0 aromatic carbocycles. The zero-order valence-corrected chi connectivity index (χ0v) is 62.0. The summed E-state index contributed by atoms with van der Waals surface area (Å²) in [6.45, 7) is 2.28. The van der Waals surface area contributed by atoms with Crippen LogP contribution in [0.3, 0.4) is 0 Å². The molecule has 0 aliphatic rings. The lowest BCUT2D eigenvalue weighted by Gasteiger charge is -2.21. The second-order valence-corrected chi connectivity index (χ2v) is 27.2. The molecule has 4 N–H and O–H groups in total. The van der Waals surface area contributed by atoms with Crippen molar-refractivity contribution in [3.05, 3.63) is 146 Å². The summed E-state index contributed by atoms with van der Waals surface area (Å²) >= 11 is 0. The molecule has 0 saturated heterocycles. The number of esters is 3. The lowest BCUT2D eigenvalue weighted by Crippen LogP contribution is -2.30. The Morgan fingerprint density at radius 2 is 0.515 bits per heavy atom. The number of unbranched alkanes of at least 4 members (excludes halogenated alkanes) is 22. The Kier molecular flexibility index (Phi) is 67.9. The molecule has 0 amide bonds. The molecule has 0 aromatic heterocycles. The van der Waals surface area contributed by atoms with E-state index in [1.165, 1.54) is 57.8 Å². The molecule has 0 radical (unpaired) electrons. The summed E-state index contributed by atoms with van der Waals surface area (Å²) in [7, 11) is -9.80. The molecule has 0 heterocycles. The zero-order chi connectivity index (χ0) is 70.9. The fourth-order valence-electron chi connectivity index (χ4n) is 9.48. The third-order valence-electron chi connectivity index (χ3n) is 15.0. The second kappa shape index (κ2) is 71.3. The standard InChI is InChI=1S/C79H132O16P2/c1-4-7-10-13-16-19-22-25-28-30-31-32-33-34-35-36-37-38-39-40-41-43-46-47-50-53-56-59-62-65-77(82)89-68-74(80)69-91-96(85,86)92-70-75(81)71-93-97(87,88)94-73-76(95-79(84)67-64-61-58-55-52-49-44-27-24-21-18-15-12-9-6-3)72-90-78(83)66-63-60-57-54-51-48-45-42-29-26-23-20-17-14-11-8-5-2/h7-12,16-21,25-29,31-32,34-35,44-45,48,74-76,80-81H,4-6,13-15,22-24,30,33,36-43,46-47,49-73H2,1-3H3,(H,85,86)(H,87,88)/b10-7-,11-8-,12-9-,19-16-,20-17-,21-18-,28-25-,29-26-,32-31-,35-34-,44-27-,48-45-. The SMILES string of the molecule is CC/C=C\C/C=C\C/C=C\C/C=C\C/C=C\CCCCCCCCCCCCCCCC(=O)OCC(O)COP(=O)(O)OCC(O)COP(=O)(O)OCC(COC(=O)CCCCCC/C=C\C/C=C\C/C=C\C/C=C\CC)OC(=O)CCCCCCC/C=C\C/C=C\C/C=C\CC. The van der Waals surface area contributed by atoms with E-state index in [1.807, 2.05) is 0 Å². The number of aliphatic hydroxyl groups excluding tert-OH is 2. The number of hydrogen-bond donors (Lipinski definition) is 4. The number of carbonyl (C=O) groups excluding carboxylic acids is 3. The van der Waals surface area contributed by atoms with Gasteiger partial charge in [0.2, 0.25) is 0 Å². The van der Waals surface area contributed by atoms with Gasteiger partial charge >= 0.3 is 33.6 Å².